The second kappa shape index (κ2) is 7.23. The van der Waals surface area contributed by atoms with Crippen LogP contribution in [0.3, 0.4) is 0 Å². The minimum Gasteiger partial charge on any atom is -0.342 e. The van der Waals surface area contributed by atoms with Gasteiger partial charge < -0.3 is 4.90 Å². The standard InChI is InChI=1S/C18H26N2O3S/c1-15-7-11-19(12-8-15)18(21)16-9-13-20(14-10-16)24(22,23)17-5-3-2-4-6-17/h2-6,15-16H,7-14H2,1H3. The van der Waals surface area contributed by atoms with E-state index in [-0.39, 0.29) is 11.8 Å². The smallest absolute Gasteiger partial charge is 0.243 e. The third kappa shape index (κ3) is 3.64. The lowest BCUT2D eigenvalue weighted by Crippen LogP contribution is -2.46. The number of carbonyl (C=O) groups excluding carboxylic acids is 1. The van der Waals surface area contributed by atoms with Gasteiger partial charge in [0.05, 0.1) is 4.90 Å². The number of nitrogens with zero attached hydrogens (tertiary/aromatic N) is 2. The number of piperidine rings is 2. The Labute approximate surface area is 144 Å². The van der Waals surface area contributed by atoms with E-state index in [1.54, 1.807) is 24.3 Å². The molecule has 2 fully saturated rings. The van der Waals surface area contributed by atoms with Crippen molar-refractivity contribution < 1.29 is 13.2 Å². The van der Waals surface area contributed by atoms with Crippen LogP contribution in [0.4, 0.5) is 0 Å². The molecule has 0 aliphatic carbocycles. The van der Waals surface area contributed by atoms with Crippen molar-refractivity contribution in [2.75, 3.05) is 26.2 Å². The lowest BCUT2D eigenvalue weighted by Gasteiger charge is -2.36. The van der Waals surface area contributed by atoms with Crippen LogP contribution >= 0.6 is 0 Å². The van der Waals surface area contributed by atoms with Gasteiger partial charge in [0.2, 0.25) is 15.9 Å². The molecular formula is C18H26N2O3S. The Morgan fingerprint density at radius 2 is 1.54 bits per heavy atom. The fourth-order valence-electron chi connectivity index (χ4n) is 3.57. The number of hydrogen-bond acceptors (Lipinski definition) is 3. The molecule has 1 amide bonds. The molecule has 2 aliphatic rings. The summed E-state index contributed by atoms with van der Waals surface area (Å²) >= 11 is 0. The number of sulfonamides is 1. The summed E-state index contributed by atoms with van der Waals surface area (Å²) in [6.07, 6.45) is 3.40. The first-order chi connectivity index (χ1) is 11.5. The molecule has 6 heteroatoms. The third-order valence-corrected chi connectivity index (χ3v) is 7.19. The van der Waals surface area contributed by atoms with Gasteiger partial charge >= 0.3 is 0 Å². The molecule has 2 saturated heterocycles. The van der Waals surface area contributed by atoms with E-state index in [0.29, 0.717) is 36.7 Å². The van der Waals surface area contributed by atoms with Crippen molar-refractivity contribution in [3.8, 4) is 0 Å². The van der Waals surface area contributed by atoms with Crippen molar-refractivity contribution >= 4 is 15.9 Å². The maximum absolute atomic E-state index is 12.6. The molecule has 0 saturated carbocycles. The van der Waals surface area contributed by atoms with Gasteiger partial charge in [0, 0.05) is 32.1 Å². The van der Waals surface area contributed by atoms with E-state index >= 15 is 0 Å². The fraction of sp³-hybridized carbons (Fsp3) is 0.611. The summed E-state index contributed by atoms with van der Waals surface area (Å²) in [4.78, 5) is 15.0. The van der Waals surface area contributed by atoms with Gasteiger partial charge in [0.25, 0.3) is 0 Å². The van der Waals surface area contributed by atoms with E-state index in [0.717, 1.165) is 25.9 Å². The third-order valence-electron chi connectivity index (χ3n) is 5.28. The summed E-state index contributed by atoms with van der Waals surface area (Å²) in [6.45, 7) is 4.79. The van der Waals surface area contributed by atoms with E-state index in [1.165, 1.54) is 4.31 Å². The summed E-state index contributed by atoms with van der Waals surface area (Å²) in [5.74, 6) is 0.895. The Hall–Kier alpha value is -1.40. The van der Waals surface area contributed by atoms with Gasteiger partial charge in [-0.15, -0.1) is 0 Å². The van der Waals surface area contributed by atoms with Crippen LogP contribution in [0.2, 0.25) is 0 Å². The largest absolute Gasteiger partial charge is 0.342 e. The molecule has 2 aliphatic heterocycles. The van der Waals surface area contributed by atoms with Gasteiger partial charge in [0.15, 0.2) is 0 Å². The molecule has 0 spiro atoms. The number of carbonyl (C=O) groups is 1. The van der Waals surface area contributed by atoms with E-state index < -0.39 is 10.0 Å². The Kier molecular flexibility index (Phi) is 5.25. The molecule has 5 nitrogen and oxygen atoms in total. The van der Waals surface area contributed by atoms with Crippen molar-refractivity contribution in [3.05, 3.63) is 30.3 Å². The van der Waals surface area contributed by atoms with Gasteiger partial charge in [-0.3, -0.25) is 4.79 Å². The molecular weight excluding hydrogens is 324 g/mol. The molecule has 1 aromatic carbocycles. The number of benzene rings is 1. The van der Waals surface area contributed by atoms with Crippen LogP contribution in [0.5, 0.6) is 0 Å². The van der Waals surface area contributed by atoms with Gasteiger partial charge in [0.1, 0.15) is 0 Å². The molecule has 132 valence electrons. The van der Waals surface area contributed by atoms with Crippen molar-refractivity contribution in [2.24, 2.45) is 11.8 Å². The Balaban J connectivity index is 1.59. The molecule has 24 heavy (non-hydrogen) atoms. The van der Waals surface area contributed by atoms with E-state index in [2.05, 4.69) is 6.92 Å². The van der Waals surface area contributed by atoms with Crippen molar-refractivity contribution in [2.45, 2.75) is 37.5 Å². The highest BCUT2D eigenvalue weighted by atomic mass is 32.2. The summed E-state index contributed by atoms with van der Waals surface area (Å²) in [6, 6.07) is 8.54. The van der Waals surface area contributed by atoms with Gasteiger partial charge in [-0.25, -0.2) is 8.42 Å². The number of amides is 1. The summed E-state index contributed by atoms with van der Waals surface area (Å²) in [5.41, 5.74) is 0. The fourth-order valence-corrected chi connectivity index (χ4v) is 5.06. The zero-order valence-electron chi connectivity index (χ0n) is 14.2. The quantitative estimate of drug-likeness (QED) is 0.841. The first-order valence-electron chi connectivity index (χ1n) is 8.82. The highest BCUT2D eigenvalue weighted by Gasteiger charge is 2.34. The molecule has 0 bridgehead atoms. The first-order valence-corrected chi connectivity index (χ1v) is 10.3. The number of hydrogen-bond donors (Lipinski definition) is 0. The summed E-state index contributed by atoms with van der Waals surface area (Å²) in [7, 11) is -3.43. The maximum atomic E-state index is 12.6. The lowest BCUT2D eigenvalue weighted by molar-refractivity contribution is -0.138. The minimum atomic E-state index is -3.43. The zero-order valence-corrected chi connectivity index (χ0v) is 15.0. The Morgan fingerprint density at radius 3 is 2.12 bits per heavy atom. The van der Waals surface area contributed by atoms with E-state index in [1.807, 2.05) is 11.0 Å². The van der Waals surface area contributed by atoms with E-state index in [4.69, 9.17) is 0 Å². The van der Waals surface area contributed by atoms with Crippen LogP contribution < -0.4 is 0 Å². The summed E-state index contributed by atoms with van der Waals surface area (Å²) in [5, 5.41) is 0. The molecule has 0 aromatic heterocycles. The predicted molar refractivity (Wildman–Crippen MR) is 92.9 cm³/mol. The van der Waals surface area contributed by atoms with Crippen molar-refractivity contribution in [1.82, 2.24) is 9.21 Å². The number of rotatable bonds is 3. The second-order valence-corrected chi connectivity index (χ2v) is 8.94. The number of likely N-dealkylation sites (tertiary alicyclic amines) is 1. The van der Waals surface area contributed by atoms with Gasteiger partial charge in [-0.2, -0.15) is 4.31 Å². The van der Waals surface area contributed by atoms with Crippen molar-refractivity contribution in [1.29, 1.82) is 0 Å². The Morgan fingerprint density at radius 1 is 0.958 bits per heavy atom. The van der Waals surface area contributed by atoms with Crippen LogP contribution in [0.15, 0.2) is 35.2 Å². The second-order valence-electron chi connectivity index (χ2n) is 7.00. The highest BCUT2D eigenvalue weighted by molar-refractivity contribution is 7.89. The van der Waals surface area contributed by atoms with Crippen LogP contribution in [-0.4, -0.2) is 49.7 Å². The normalized spacial score (nSPS) is 21.8. The van der Waals surface area contributed by atoms with Gasteiger partial charge in [-0.05, 0) is 43.7 Å². The van der Waals surface area contributed by atoms with Crippen LogP contribution in [0.25, 0.3) is 0 Å². The average molecular weight is 350 g/mol. The first kappa shape index (κ1) is 17.4. The molecule has 3 rings (SSSR count). The van der Waals surface area contributed by atoms with Crippen LogP contribution in [0, 0.1) is 11.8 Å². The highest BCUT2D eigenvalue weighted by Crippen LogP contribution is 2.26. The molecule has 0 unspecified atom stereocenters. The zero-order chi connectivity index (χ0) is 17.2. The molecule has 0 atom stereocenters. The van der Waals surface area contributed by atoms with Crippen LogP contribution in [-0.2, 0) is 14.8 Å². The van der Waals surface area contributed by atoms with Gasteiger partial charge in [-0.1, -0.05) is 25.1 Å². The molecule has 0 N–H and O–H groups in total. The van der Waals surface area contributed by atoms with Crippen LogP contribution in [0.1, 0.15) is 32.6 Å². The monoisotopic (exact) mass is 350 g/mol. The SMILES string of the molecule is CC1CCN(C(=O)C2CCN(S(=O)(=O)c3ccccc3)CC2)CC1. The van der Waals surface area contributed by atoms with Crippen molar-refractivity contribution in [3.63, 3.8) is 0 Å². The minimum absolute atomic E-state index is 0.0272. The lowest BCUT2D eigenvalue weighted by atomic mass is 9.93. The molecule has 0 radical (unpaired) electrons. The maximum Gasteiger partial charge on any atom is 0.243 e. The topological polar surface area (TPSA) is 57.7 Å². The summed E-state index contributed by atoms with van der Waals surface area (Å²) < 4.78 is 26.8. The predicted octanol–water partition coefficient (Wildman–Crippen LogP) is 2.35. The Bertz CT molecular complexity index is 659. The average Bonchev–Trinajstić information content (AvgIpc) is 2.62. The molecule has 1 aromatic rings. The van der Waals surface area contributed by atoms with E-state index in [9.17, 15) is 13.2 Å². The molecule has 2 heterocycles.